The maximum atomic E-state index is 13.5. The number of hydrogen-bond donors (Lipinski definition) is 0. The zero-order valence-corrected chi connectivity index (χ0v) is 10.6. The highest BCUT2D eigenvalue weighted by Gasteiger charge is 2.14. The highest BCUT2D eigenvalue weighted by molar-refractivity contribution is 9.10. The Morgan fingerprint density at radius 3 is 2.88 bits per heavy atom. The molecular formula is C11H9BrFN3O. The third-order valence-electron chi connectivity index (χ3n) is 2.22. The maximum absolute atomic E-state index is 13.5. The fraction of sp³-hybridized carbons (Fsp3) is 0.182. The van der Waals surface area contributed by atoms with Crippen LogP contribution in [0.25, 0.3) is 0 Å². The van der Waals surface area contributed by atoms with Gasteiger partial charge in [-0.25, -0.2) is 4.39 Å². The molecule has 0 saturated carbocycles. The van der Waals surface area contributed by atoms with Crippen molar-refractivity contribution in [3.63, 3.8) is 0 Å². The number of benzene rings is 1. The molecule has 0 bridgehead atoms. The Bertz CT molecular complexity index is 568. The van der Waals surface area contributed by atoms with E-state index < -0.39 is 5.82 Å². The lowest BCUT2D eigenvalue weighted by atomic mass is 10.1. The summed E-state index contributed by atoms with van der Waals surface area (Å²) in [5.41, 5.74) is 0.596. The number of carbonyl (C=O) groups excluding carboxylic acids is 1. The average Bonchev–Trinajstić information content (AvgIpc) is 2.63. The van der Waals surface area contributed by atoms with Crippen molar-refractivity contribution in [3.05, 3.63) is 45.9 Å². The second kappa shape index (κ2) is 4.75. The summed E-state index contributed by atoms with van der Waals surface area (Å²) in [6.07, 6.45) is 1.68. The molecule has 2 rings (SSSR count). The molecule has 0 N–H and O–H groups in total. The molecule has 0 amide bonds. The van der Waals surface area contributed by atoms with Gasteiger partial charge in [-0.2, -0.15) is 0 Å². The largest absolute Gasteiger partial charge is 0.294 e. The first-order valence-corrected chi connectivity index (χ1v) is 5.69. The van der Waals surface area contributed by atoms with Crippen LogP contribution in [0.4, 0.5) is 4.39 Å². The van der Waals surface area contributed by atoms with Crippen LogP contribution >= 0.6 is 15.9 Å². The van der Waals surface area contributed by atoms with E-state index in [4.69, 9.17) is 0 Å². The van der Waals surface area contributed by atoms with Gasteiger partial charge in [0.05, 0.1) is 17.7 Å². The van der Waals surface area contributed by atoms with Gasteiger partial charge < -0.3 is 0 Å². The molecular weight excluding hydrogens is 289 g/mol. The van der Waals surface area contributed by atoms with Gasteiger partial charge >= 0.3 is 0 Å². The molecule has 0 fully saturated rings. The summed E-state index contributed by atoms with van der Waals surface area (Å²) in [4.78, 5) is 11.8. The van der Waals surface area contributed by atoms with Crippen molar-refractivity contribution >= 4 is 21.7 Å². The van der Waals surface area contributed by atoms with Crippen LogP contribution in [0.15, 0.2) is 28.9 Å². The summed E-state index contributed by atoms with van der Waals surface area (Å²) >= 11 is 3.14. The van der Waals surface area contributed by atoms with Crippen LogP contribution in [0.3, 0.4) is 0 Å². The lowest BCUT2D eigenvalue weighted by molar-refractivity contribution is 0.0988. The van der Waals surface area contributed by atoms with E-state index in [0.29, 0.717) is 10.2 Å². The molecule has 0 spiro atoms. The Labute approximate surface area is 106 Å². The van der Waals surface area contributed by atoms with Crippen molar-refractivity contribution in [3.8, 4) is 0 Å². The molecule has 0 aliphatic heterocycles. The number of rotatable bonds is 3. The van der Waals surface area contributed by atoms with Crippen LogP contribution in [0.5, 0.6) is 0 Å². The van der Waals surface area contributed by atoms with E-state index in [-0.39, 0.29) is 17.8 Å². The van der Waals surface area contributed by atoms with Crippen LogP contribution < -0.4 is 0 Å². The normalized spacial score (nSPS) is 10.5. The molecule has 0 aliphatic carbocycles. The van der Waals surface area contributed by atoms with E-state index >= 15 is 0 Å². The Balaban J connectivity index is 2.20. The monoisotopic (exact) mass is 297 g/mol. The molecule has 0 unspecified atom stereocenters. The predicted molar refractivity (Wildman–Crippen MR) is 63.1 cm³/mol. The van der Waals surface area contributed by atoms with Crippen LogP contribution in [0, 0.1) is 5.82 Å². The Morgan fingerprint density at radius 2 is 2.29 bits per heavy atom. The molecule has 1 aromatic heterocycles. The topological polar surface area (TPSA) is 47.8 Å². The van der Waals surface area contributed by atoms with E-state index in [1.807, 2.05) is 0 Å². The summed E-state index contributed by atoms with van der Waals surface area (Å²) in [5.74, 6) is -0.844. The minimum Gasteiger partial charge on any atom is -0.294 e. The van der Waals surface area contributed by atoms with Crippen molar-refractivity contribution in [2.45, 2.75) is 6.42 Å². The molecule has 17 heavy (non-hydrogen) atoms. The summed E-state index contributed by atoms with van der Waals surface area (Å²) in [5, 5.41) is 7.50. The van der Waals surface area contributed by atoms with Gasteiger partial charge in [0.15, 0.2) is 5.78 Å². The van der Waals surface area contributed by atoms with E-state index in [0.717, 1.165) is 0 Å². The first kappa shape index (κ1) is 11.9. The third kappa shape index (κ3) is 2.76. The lowest BCUT2D eigenvalue weighted by Gasteiger charge is -2.01. The number of halogens is 2. The van der Waals surface area contributed by atoms with Crippen molar-refractivity contribution in [1.29, 1.82) is 0 Å². The number of carbonyl (C=O) groups is 1. The van der Waals surface area contributed by atoms with Crippen LogP contribution in [-0.2, 0) is 13.5 Å². The second-order valence-corrected chi connectivity index (χ2v) is 4.52. The Morgan fingerprint density at radius 1 is 1.53 bits per heavy atom. The molecule has 0 aliphatic rings. The van der Waals surface area contributed by atoms with Gasteiger partial charge in [-0.05, 0) is 18.2 Å². The molecule has 0 atom stereocenters. The van der Waals surface area contributed by atoms with Gasteiger partial charge in [0.2, 0.25) is 0 Å². The quantitative estimate of drug-likeness (QED) is 0.816. The highest BCUT2D eigenvalue weighted by Crippen LogP contribution is 2.16. The van der Waals surface area contributed by atoms with Gasteiger partial charge in [0.1, 0.15) is 5.82 Å². The summed E-state index contributed by atoms with van der Waals surface area (Å²) < 4.78 is 15.6. The first-order chi connectivity index (χ1) is 8.06. The van der Waals surface area contributed by atoms with E-state index in [9.17, 15) is 9.18 Å². The second-order valence-electron chi connectivity index (χ2n) is 3.61. The molecule has 0 radical (unpaired) electrons. The van der Waals surface area contributed by atoms with Crippen molar-refractivity contribution < 1.29 is 9.18 Å². The maximum Gasteiger partial charge on any atom is 0.171 e. The first-order valence-electron chi connectivity index (χ1n) is 4.89. The van der Waals surface area contributed by atoms with Gasteiger partial charge in [-0.3, -0.25) is 9.48 Å². The van der Waals surface area contributed by atoms with E-state index in [1.165, 1.54) is 16.8 Å². The number of Topliss-reactive ketones (excluding diaryl/α,β-unsaturated/α-hetero) is 1. The number of nitrogens with zero attached hydrogens (tertiary/aromatic N) is 3. The zero-order chi connectivity index (χ0) is 12.4. The number of ketones is 1. The fourth-order valence-electron chi connectivity index (χ4n) is 1.45. The van der Waals surface area contributed by atoms with Crippen molar-refractivity contribution in [1.82, 2.24) is 15.0 Å². The van der Waals surface area contributed by atoms with Crippen molar-refractivity contribution in [2.24, 2.45) is 7.05 Å². The van der Waals surface area contributed by atoms with Crippen LogP contribution in [-0.4, -0.2) is 20.8 Å². The smallest absolute Gasteiger partial charge is 0.171 e. The highest BCUT2D eigenvalue weighted by atomic mass is 79.9. The summed E-state index contributed by atoms with van der Waals surface area (Å²) in [6.45, 7) is 0. The molecule has 2 aromatic rings. The fourth-order valence-corrected chi connectivity index (χ4v) is 1.78. The summed E-state index contributed by atoms with van der Waals surface area (Å²) in [6, 6.07) is 4.36. The average molecular weight is 298 g/mol. The Kier molecular flexibility index (Phi) is 3.33. The summed E-state index contributed by atoms with van der Waals surface area (Å²) in [7, 11) is 1.71. The van der Waals surface area contributed by atoms with Gasteiger partial charge in [-0.1, -0.05) is 21.1 Å². The standard InChI is InChI=1S/C11H9BrFN3O/c1-16-6-8(14-15-16)5-11(17)9-3-2-7(12)4-10(9)13/h2-4,6H,5H2,1H3. The van der Waals surface area contributed by atoms with Crippen molar-refractivity contribution in [2.75, 3.05) is 0 Å². The molecule has 0 saturated heterocycles. The van der Waals surface area contributed by atoms with Crippen LogP contribution in [0.2, 0.25) is 0 Å². The van der Waals surface area contributed by atoms with Gasteiger partial charge in [0, 0.05) is 17.7 Å². The molecule has 1 aromatic carbocycles. The number of aryl methyl sites for hydroxylation is 1. The molecule has 6 heteroatoms. The minimum atomic E-state index is -0.534. The SMILES string of the molecule is Cn1cc(CC(=O)c2ccc(Br)cc2F)nn1. The molecule has 88 valence electrons. The van der Waals surface area contributed by atoms with Gasteiger partial charge in [0.25, 0.3) is 0 Å². The molecule has 1 heterocycles. The Hall–Kier alpha value is -1.56. The van der Waals surface area contributed by atoms with E-state index in [2.05, 4.69) is 26.2 Å². The predicted octanol–water partition coefficient (Wildman–Crippen LogP) is 2.14. The third-order valence-corrected chi connectivity index (χ3v) is 2.72. The minimum absolute atomic E-state index is 0.0480. The van der Waals surface area contributed by atoms with Crippen LogP contribution in [0.1, 0.15) is 16.1 Å². The van der Waals surface area contributed by atoms with E-state index in [1.54, 1.807) is 19.3 Å². The van der Waals surface area contributed by atoms with Gasteiger partial charge in [-0.15, -0.1) is 5.10 Å². The molecule has 4 nitrogen and oxygen atoms in total. The zero-order valence-electron chi connectivity index (χ0n) is 9.02. The number of hydrogen-bond acceptors (Lipinski definition) is 3. The number of aromatic nitrogens is 3. The lowest BCUT2D eigenvalue weighted by Crippen LogP contribution is -2.06.